The lowest BCUT2D eigenvalue weighted by molar-refractivity contribution is -0.127. The zero-order valence-corrected chi connectivity index (χ0v) is 33.8. The average Bonchev–Trinajstić information content (AvgIpc) is 3.62. The van der Waals surface area contributed by atoms with E-state index >= 15 is 4.79 Å². The van der Waals surface area contributed by atoms with Gasteiger partial charge in [-0.15, -0.1) is 0 Å². The number of halogens is 2. The number of benzene rings is 5. The third kappa shape index (κ3) is 5.90. The van der Waals surface area contributed by atoms with Crippen molar-refractivity contribution in [2.75, 3.05) is 28.8 Å². The van der Waals surface area contributed by atoms with Crippen molar-refractivity contribution in [3.63, 3.8) is 0 Å². The third-order valence-electron chi connectivity index (χ3n) is 12.2. The van der Waals surface area contributed by atoms with Gasteiger partial charge in [-0.25, -0.2) is 4.90 Å². The van der Waals surface area contributed by atoms with Crippen molar-refractivity contribution < 1.29 is 24.3 Å². The second kappa shape index (κ2) is 14.5. The van der Waals surface area contributed by atoms with Gasteiger partial charge < -0.3 is 10.0 Å². The van der Waals surface area contributed by atoms with E-state index in [4.69, 9.17) is 11.6 Å². The zero-order chi connectivity index (χ0) is 40.5. The van der Waals surface area contributed by atoms with Crippen LogP contribution in [0.5, 0.6) is 5.75 Å². The van der Waals surface area contributed by atoms with E-state index in [-0.39, 0.29) is 30.4 Å². The van der Waals surface area contributed by atoms with Gasteiger partial charge in [-0.3, -0.25) is 24.1 Å². The molecule has 2 aliphatic carbocycles. The molecule has 4 aliphatic rings. The molecule has 4 amide bonds. The molecule has 2 heterocycles. The van der Waals surface area contributed by atoms with Crippen LogP contribution in [0.2, 0.25) is 5.02 Å². The van der Waals surface area contributed by atoms with Gasteiger partial charge >= 0.3 is 0 Å². The van der Waals surface area contributed by atoms with Crippen LogP contribution in [0, 0.1) is 23.7 Å². The number of aromatic hydroxyl groups is 1. The molecule has 290 valence electrons. The van der Waals surface area contributed by atoms with Crippen molar-refractivity contribution in [2.45, 2.75) is 24.2 Å². The first-order valence-corrected chi connectivity index (χ1v) is 20.2. The molecular weight excluding hydrogens is 818 g/mol. The van der Waals surface area contributed by atoms with E-state index in [0.29, 0.717) is 43.4 Å². The zero-order valence-electron chi connectivity index (χ0n) is 31.5. The SMILES string of the molecule is CN(C)c1ccc(N=Nc2ccc(N3C(=O)[C@H]4[C@H](CC=C5[C@H]4C[C@H]4C(=O)N(c6cccc(Cl)c6)C(=O)[C@@]4(c4ccccc4)[C@H]5c4cc(Br)ccc4O)C3=O)cc2)cc1. The molecule has 10 nitrogen and oxygen atoms in total. The van der Waals surface area contributed by atoms with Crippen LogP contribution in [0.1, 0.15) is 29.9 Å². The van der Waals surface area contributed by atoms with Crippen LogP contribution < -0.4 is 14.7 Å². The highest BCUT2D eigenvalue weighted by Crippen LogP contribution is 2.65. The summed E-state index contributed by atoms with van der Waals surface area (Å²) in [6.07, 6.45) is 2.36. The Balaban J connectivity index is 1.12. The summed E-state index contributed by atoms with van der Waals surface area (Å²) in [7, 11) is 3.93. The van der Waals surface area contributed by atoms with Gasteiger partial charge in [-0.05, 0) is 109 Å². The highest BCUT2D eigenvalue weighted by Gasteiger charge is 2.70. The Morgan fingerprint density at radius 3 is 2.10 bits per heavy atom. The van der Waals surface area contributed by atoms with Crippen molar-refractivity contribution in [3.8, 4) is 5.75 Å². The number of phenols is 1. The summed E-state index contributed by atoms with van der Waals surface area (Å²) in [4.78, 5) is 63.9. The number of hydrogen-bond acceptors (Lipinski definition) is 8. The quantitative estimate of drug-likeness (QED) is 0.0989. The normalized spacial score (nSPS) is 25.2. The third-order valence-corrected chi connectivity index (χ3v) is 13.0. The van der Waals surface area contributed by atoms with E-state index in [1.807, 2.05) is 79.7 Å². The Morgan fingerprint density at radius 1 is 0.741 bits per heavy atom. The fourth-order valence-electron chi connectivity index (χ4n) is 9.70. The van der Waals surface area contributed by atoms with Crippen LogP contribution in [0.4, 0.5) is 28.4 Å². The predicted molar refractivity (Wildman–Crippen MR) is 226 cm³/mol. The largest absolute Gasteiger partial charge is 0.508 e. The van der Waals surface area contributed by atoms with Gasteiger partial charge in [0.2, 0.25) is 23.6 Å². The number of rotatable bonds is 7. The number of allylic oxidation sites excluding steroid dienone is 2. The molecule has 0 spiro atoms. The van der Waals surface area contributed by atoms with Crippen LogP contribution >= 0.6 is 27.5 Å². The number of carbonyl (C=O) groups excluding carboxylic acids is 4. The highest BCUT2D eigenvalue weighted by atomic mass is 79.9. The fourth-order valence-corrected chi connectivity index (χ4v) is 10.3. The van der Waals surface area contributed by atoms with Gasteiger partial charge in [0.1, 0.15) is 5.75 Å². The maximum absolute atomic E-state index is 15.4. The smallest absolute Gasteiger partial charge is 0.246 e. The van der Waals surface area contributed by atoms with Gasteiger partial charge in [-0.1, -0.05) is 75.6 Å². The number of amides is 4. The minimum atomic E-state index is -1.50. The molecule has 0 bridgehead atoms. The van der Waals surface area contributed by atoms with E-state index < -0.39 is 46.8 Å². The monoisotopic (exact) mass is 853 g/mol. The molecule has 5 aromatic carbocycles. The Morgan fingerprint density at radius 2 is 1.43 bits per heavy atom. The van der Waals surface area contributed by atoms with E-state index in [0.717, 1.165) is 11.3 Å². The minimum absolute atomic E-state index is 0.0503. The van der Waals surface area contributed by atoms with Crippen molar-refractivity contribution in [1.82, 2.24) is 0 Å². The summed E-state index contributed by atoms with van der Waals surface area (Å²) < 4.78 is 0.670. The molecular formula is C46H37BrClN5O5. The lowest BCUT2D eigenvalue weighted by Gasteiger charge is -2.50. The van der Waals surface area contributed by atoms with E-state index in [2.05, 4.69) is 26.2 Å². The van der Waals surface area contributed by atoms with Crippen molar-refractivity contribution >= 4 is 79.6 Å². The van der Waals surface area contributed by atoms with Gasteiger partial charge in [0, 0.05) is 40.8 Å². The number of imide groups is 2. The molecule has 0 unspecified atom stereocenters. The molecule has 0 radical (unpaired) electrons. The van der Waals surface area contributed by atoms with E-state index in [1.165, 1.54) is 9.80 Å². The molecule has 2 saturated heterocycles. The van der Waals surface area contributed by atoms with Crippen LogP contribution in [-0.4, -0.2) is 42.8 Å². The summed E-state index contributed by atoms with van der Waals surface area (Å²) in [6.45, 7) is 0. The van der Waals surface area contributed by atoms with Gasteiger partial charge in [0.25, 0.3) is 0 Å². The number of nitrogens with zero attached hydrogens (tertiary/aromatic N) is 5. The minimum Gasteiger partial charge on any atom is -0.508 e. The Hall–Kier alpha value is -5.91. The van der Waals surface area contributed by atoms with Crippen LogP contribution in [0.25, 0.3) is 0 Å². The maximum Gasteiger partial charge on any atom is 0.246 e. The van der Waals surface area contributed by atoms with Gasteiger partial charge in [0.05, 0.1) is 45.9 Å². The molecule has 12 heteroatoms. The van der Waals surface area contributed by atoms with Crippen molar-refractivity contribution in [2.24, 2.45) is 33.9 Å². The first kappa shape index (κ1) is 37.7. The first-order chi connectivity index (χ1) is 28.0. The molecule has 0 aromatic heterocycles. The maximum atomic E-state index is 15.4. The summed E-state index contributed by atoms with van der Waals surface area (Å²) in [5.41, 5.74) is 3.33. The van der Waals surface area contributed by atoms with E-state index in [1.54, 1.807) is 66.7 Å². The summed E-state index contributed by atoms with van der Waals surface area (Å²) >= 11 is 10.0. The standard InChI is InChI=1S/C46H37BrClN5O5/c1-51(2)31-16-12-29(13-17-31)49-50-30-14-18-32(19-15-30)52-42(55)35-21-20-34-36(40(35)44(52)57)25-38-43(56)53(33-10-6-9-28(48)24-33)45(58)46(38,26-7-4-3-5-8-26)41(34)37-23-27(47)11-22-39(37)54/h3-20,22-24,35-36,38,40-41,54H,21,25H2,1-2H3/t35-,36+,38-,40-,41+,46+/m0/s1. The van der Waals surface area contributed by atoms with Gasteiger partial charge in [-0.2, -0.15) is 10.2 Å². The summed E-state index contributed by atoms with van der Waals surface area (Å²) in [6, 6.07) is 35.4. The second-order valence-corrected chi connectivity index (χ2v) is 16.8. The topological polar surface area (TPSA) is 123 Å². The molecule has 2 aliphatic heterocycles. The fraction of sp³-hybridized carbons (Fsp3) is 0.217. The Labute approximate surface area is 348 Å². The Kier molecular flexibility index (Phi) is 9.40. The molecule has 58 heavy (non-hydrogen) atoms. The molecule has 5 aromatic rings. The molecule has 9 rings (SSSR count). The molecule has 1 saturated carbocycles. The number of fused-ring (bicyclic) bond motifs is 4. The predicted octanol–water partition coefficient (Wildman–Crippen LogP) is 9.66. The number of hydrogen-bond donors (Lipinski definition) is 1. The first-order valence-electron chi connectivity index (χ1n) is 19.0. The van der Waals surface area contributed by atoms with Crippen LogP contribution in [0.15, 0.2) is 148 Å². The van der Waals surface area contributed by atoms with Gasteiger partial charge in [0.15, 0.2) is 0 Å². The van der Waals surface area contributed by atoms with Crippen LogP contribution in [-0.2, 0) is 24.6 Å². The molecule has 1 N–H and O–H groups in total. The molecule has 6 atom stereocenters. The lowest BCUT2D eigenvalue weighted by atomic mass is 9.49. The van der Waals surface area contributed by atoms with Crippen molar-refractivity contribution in [1.29, 1.82) is 0 Å². The van der Waals surface area contributed by atoms with Crippen LogP contribution in [0.3, 0.4) is 0 Å². The second-order valence-electron chi connectivity index (χ2n) is 15.4. The molecule has 3 fully saturated rings. The number of carbonyl (C=O) groups is 4. The number of anilines is 3. The average molecular weight is 855 g/mol. The van der Waals surface area contributed by atoms with Crippen molar-refractivity contribution in [3.05, 3.63) is 154 Å². The number of azo groups is 1. The summed E-state index contributed by atoms with van der Waals surface area (Å²) in [5, 5.41) is 20.7. The highest BCUT2D eigenvalue weighted by molar-refractivity contribution is 9.10. The number of phenolic OH excluding ortho intramolecular Hbond substituents is 1. The summed E-state index contributed by atoms with van der Waals surface area (Å²) in [5.74, 6) is -5.49. The van der Waals surface area contributed by atoms with E-state index in [9.17, 15) is 19.5 Å². The lowest BCUT2D eigenvalue weighted by Crippen LogP contribution is -2.53. The Bertz CT molecular complexity index is 2560.